The number of hydrogen-bond donors (Lipinski definition) is 0. The number of benzene rings is 12. The Morgan fingerprint density at radius 3 is 0.695 bits per heavy atom. The summed E-state index contributed by atoms with van der Waals surface area (Å²) in [4.78, 5) is 0. The summed E-state index contributed by atoms with van der Waals surface area (Å²) in [6, 6.07) is 104. The van der Waals surface area contributed by atoms with Crippen LogP contribution >= 0.6 is 39.9 Å². The molecule has 5 nitrogen and oxygen atoms in total. The molecular formula is C72H54O5P4S. The highest BCUT2D eigenvalue weighted by Crippen LogP contribution is 2.50. The van der Waals surface area contributed by atoms with Crippen LogP contribution in [0.15, 0.2) is 328 Å². The van der Waals surface area contributed by atoms with Gasteiger partial charge < -0.3 is 23.0 Å². The molecule has 0 spiro atoms. The molecule has 0 atom stereocenters. The zero-order chi connectivity index (χ0) is 56.0. The number of rotatable bonds is 14. The van der Waals surface area contributed by atoms with Gasteiger partial charge in [0.15, 0.2) is 28.6 Å². The Kier molecular flexibility index (Phi) is 15.6. The van der Waals surface area contributed by atoms with Gasteiger partial charge in [-0.1, -0.05) is 267 Å². The van der Waals surface area contributed by atoms with Gasteiger partial charge in [0.1, 0.15) is 11.5 Å². The molecule has 0 aliphatic heterocycles. The van der Waals surface area contributed by atoms with Crippen LogP contribution in [0.4, 0.5) is 0 Å². The zero-order valence-electron chi connectivity index (χ0n) is 44.4. The lowest BCUT2D eigenvalue weighted by molar-refractivity contribution is 0.489. The van der Waals surface area contributed by atoms with E-state index in [1.165, 1.54) is 0 Å². The van der Waals surface area contributed by atoms with Crippen molar-refractivity contribution in [1.82, 2.24) is 0 Å². The van der Waals surface area contributed by atoms with Gasteiger partial charge in [0, 0.05) is 73.2 Å². The van der Waals surface area contributed by atoms with Crippen molar-refractivity contribution in [3.05, 3.63) is 328 Å². The molecule has 1 heterocycles. The Hall–Kier alpha value is -8.42. The predicted octanol–water partition coefficient (Wildman–Crippen LogP) is 14.1. The van der Waals surface area contributed by atoms with E-state index in [0.717, 1.165) is 73.2 Å². The minimum Gasteiger partial charge on any atom is -0.456 e. The summed E-state index contributed by atoms with van der Waals surface area (Å²) in [6.45, 7) is 0. The maximum Gasteiger partial charge on any atom is 0.174 e. The van der Waals surface area contributed by atoms with Gasteiger partial charge in [-0.15, -0.1) is 11.3 Å². The molecule has 1 aromatic heterocycles. The van der Waals surface area contributed by atoms with E-state index in [9.17, 15) is 0 Å². The fourth-order valence-electron chi connectivity index (χ4n) is 10.7. The van der Waals surface area contributed by atoms with Gasteiger partial charge >= 0.3 is 0 Å². The molecule has 12 aromatic carbocycles. The third-order valence-corrected chi connectivity index (χ3v) is 28.2. The molecule has 0 amide bonds. The minimum atomic E-state index is -3.32. The normalized spacial score (nSPS) is 11.9. The smallest absolute Gasteiger partial charge is 0.174 e. The second-order valence-corrected chi connectivity index (χ2v) is 31.7. The van der Waals surface area contributed by atoms with Crippen molar-refractivity contribution < 1.29 is 23.0 Å². The summed E-state index contributed by atoms with van der Waals surface area (Å²) in [5.74, 6) is 0.923. The molecule has 0 fully saturated rings. The monoisotopic (exact) mass is 1150 g/mol. The fraction of sp³-hybridized carbons (Fsp3) is 0. The highest BCUT2D eigenvalue weighted by atomic mass is 32.1. The van der Waals surface area contributed by atoms with Crippen LogP contribution in [0.2, 0.25) is 0 Å². The number of para-hydroxylation sites is 2. The summed E-state index contributed by atoms with van der Waals surface area (Å²) in [5, 5.41) is 10.9. The minimum absolute atomic E-state index is 0.462. The van der Waals surface area contributed by atoms with Crippen LogP contribution < -0.4 is 68.4 Å². The van der Waals surface area contributed by atoms with Crippen molar-refractivity contribution in [1.29, 1.82) is 0 Å². The highest BCUT2D eigenvalue weighted by Gasteiger charge is 2.37. The van der Waals surface area contributed by atoms with E-state index >= 15 is 18.3 Å². The average molecular weight is 1160 g/mol. The number of fused-ring (bicyclic) bond motifs is 3. The van der Waals surface area contributed by atoms with Gasteiger partial charge in [-0.05, 0) is 60.7 Å². The molecule has 13 rings (SSSR count). The molecule has 82 heavy (non-hydrogen) atoms. The third kappa shape index (κ3) is 10.1. The largest absolute Gasteiger partial charge is 0.456 e. The molecule has 0 radical (unpaired) electrons. The van der Waals surface area contributed by atoms with Crippen molar-refractivity contribution >= 4 is 124 Å². The predicted molar refractivity (Wildman–Crippen MR) is 350 cm³/mol. The van der Waals surface area contributed by atoms with Crippen molar-refractivity contribution in [2.45, 2.75) is 0 Å². The molecule has 0 bridgehead atoms. The van der Waals surface area contributed by atoms with E-state index in [1.807, 2.05) is 303 Å². The Labute approximate surface area is 482 Å². The average Bonchev–Trinajstić information content (AvgIpc) is 3.81. The molecule has 0 aliphatic carbocycles. The Morgan fingerprint density at radius 1 is 0.220 bits per heavy atom. The van der Waals surface area contributed by atoms with Crippen LogP contribution in [-0.2, 0) is 18.3 Å². The Bertz CT molecular complexity index is 4070. The second kappa shape index (κ2) is 23.6. The van der Waals surface area contributed by atoms with Crippen molar-refractivity contribution in [2.24, 2.45) is 0 Å². The topological polar surface area (TPSA) is 77.5 Å². The number of ether oxygens (including phenoxy) is 1. The first-order chi connectivity index (χ1) is 40.2. The van der Waals surface area contributed by atoms with Gasteiger partial charge in [0.05, 0.1) is 10.6 Å². The lowest BCUT2D eigenvalue weighted by atomic mass is 10.1. The molecule has 13 aromatic rings. The first kappa shape index (κ1) is 54.2. The van der Waals surface area contributed by atoms with E-state index in [2.05, 4.69) is 24.3 Å². The Balaban J connectivity index is 0.000000162. The molecule has 10 heteroatoms. The van der Waals surface area contributed by atoms with E-state index in [0.29, 0.717) is 22.1 Å². The van der Waals surface area contributed by atoms with Crippen molar-refractivity contribution in [3.63, 3.8) is 0 Å². The van der Waals surface area contributed by atoms with E-state index in [4.69, 9.17) is 4.74 Å². The van der Waals surface area contributed by atoms with Crippen LogP contribution in [0.5, 0.6) is 11.5 Å². The van der Waals surface area contributed by atoms with Crippen LogP contribution in [0.25, 0.3) is 20.2 Å². The molecule has 0 N–H and O–H groups in total. The summed E-state index contributed by atoms with van der Waals surface area (Å²) >= 11 is 1.70. The van der Waals surface area contributed by atoms with Gasteiger partial charge in [-0.3, -0.25) is 0 Å². The van der Waals surface area contributed by atoms with Crippen LogP contribution in [-0.4, -0.2) is 0 Å². The summed E-state index contributed by atoms with van der Waals surface area (Å²) in [6.07, 6.45) is 0. The SMILES string of the molecule is O=P(c1ccccc1)(c1ccccc1)c1ccc2sc3ccc(P(=O)(c4ccccc4)c4ccccc4)cc3c2c1.O=P(c1ccccc1)(c1ccccc1)c1ccccc1Oc1ccccc1P(=O)(c1ccccc1)c1ccccc1. The lowest BCUT2D eigenvalue weighted by Gasteiger charge is -2.25. The molecule has 0 saturated carbocycles. The van der Waals surface area contributed by atoms with Gasteiger partial charge in [-0.25, -0.2) is 0 Å². The fourth-order valence-corrected chi connectivity index (χ4v) is 22.7. The maximum absolute atomic E-state index is 15.2. The molecule has 0 saturated heterocycles. The Morgan fingerprint density at radius 2 is 0.439 bits per heavy atom. The van der Waals surface area contributed by atoms with E-state index < -0.39 is 28.6 Å². The van der Waals surface area contributed by atoms with Crippen molar-refractivity contribution in [2.75, 3.05) is 0 Å². The zero-order valence-corrected chi connectivity index (χ0v) is 48.8. The summed E-state index contributed by atoms with van der Waals surface area (Å²) < 4.78 is 69.5. The van der Waals surface area contributed by atoms with Gasteiger partial charge in [-0.2, -0.15) is 0 Å². The number of hydrogen-bond acceptors (Lipinski definition) is 6. The highest BCUT2D eigenvalue weighted by molar-refractivity contribution is 7.86. The van der Waals surface area contributed by atoms with Gasteiger partial charge in [0.25, 0.3) is 0 Å². The van der Waals surface area contributed by atoms with Crippen LogP contribution in [0, 0.1) is 0 Å². The molecule has 398 valence electrons. The maximum atomic E-state index is 15.2. The second-order valence-electron chi connectivity index (χ2n) is 19.6. The van der Waals surface area contributed by atoms with Gasteiger partial charge in [0.2, 0.25) is 0 Å². The summed E-state index contributed by atoms with van der Waals surface area (Å²) in [7, 11) is -12.9. The van der Waals surface area contributed by atoms with Crippen molar-refractivity contribution in [3.8, 4) is 11.5 Å². The molecule has 0 unspecified atom stereocenters. The first-order valence-corrected chi connectivity index (χ1v) is 34.5. The van der Waals surface area contributed by atoms with Crippen LogP contribution in [0.3, 0.4) is 0 Å². The third-order valence-electron chi connectivity index (χ3n) is 14.8. The lowest BCUT2D eigenvalue weighted by Crippen LogP contribution is -2.27. The number of thiophene rings is 1. The van der Waals surface area contributed by atoms with E-state index in [1.54, 1.807) is 11.3 Å². The standard InChI is InChI=1S/C36H28O3P2.C36H26O2P2S/c37-40(29-17-5-1-6-18-29,30-19-7-2-8-20-30)35-27-15-13-25-33(35)39-34-26-14-16-28-36(34)41(38,31-21-9-3-10-22-31)32-23-11-4-12-24-32;37-39(27-13-5-1-6-14-27,28-15-7-2-8-16-28)31-21-23-35-33(25-31)34-26-32(22-24-36(34)41-35)40(38,29-17-9-3-10-18-29)30-19-11-4-12-20-30/h1-28H;1-26H. The molecular weight excluding hydrogens is 1100 g/mol. The van der Waals surface area contributed by atoms with Crippen LogP contribution in [0.1, 0.15) is 0 Å². The first-order valence-electron chi connectivity index (χ1n) is 26.9. The quantitative estimate of drug-likeness (QED) is 0.101. The van der Waals surface area contributed by atoms with E-state index in [-0.39, 0.29) is 0 Å². The summed E-state index contributed by atoms with van der Waals surface area (Å²) in [5.41, 5.74) is 0. The molecule has 0 aliphatic rings.